The third kappa shape index (κ3) is 3.37. The van der Waals surface area contributed by atoms with Crippen LogP contribution < -0.4 is 5.73 Å². The highest BCUT2D eigenvalue weighted by atomic mass is 19.4. The number of nitrogens with zero attached hydrogens (tertiary/aromatic N) is 2. The Balaban J connectivity index is 1.61. The Morgan fingerprint density at radius 3 is 2.61 bits per heavy atom. The number of alkyl halides is 3. The van der Waals surface area contributed by atoms with Crippen molar-refractivity contribution in [3.63, 3.8) is 0 Å². The highest BCUT2D eigenvalue weighted by molar-refractivity contribution is 5.82. The molecule has 8 heteroatoms. The van der Waals surface area contributed by atoms with Gasteiger partial charge in [-0.15, -0.1) is 0 Å². The average molecular weight is 462 g/mol. The Labute approximate surface area is 189 Å². The topological polar surface area (TPSA) is 53.1 Å². The van der Waals surface area contributed by atoms with E-state index in [0.29, 0.717) is 19.4 Å². The Kier molecular flexibility index (Phi) is 5.29. The van der Waals surface area contributed by atoms with Crippen LogP contribution in [-0.4, -0.2) is 35.2 Å². The molecule has 176 valence electrons. The predicted molar refractivity (Wildman–Crippen MR) is 118 cm³/mol. The van der Waals surface area contributed by atoms with Crippen molar-refractivity contribution in [1.82, 2.24) is 9.78 Å². The molecule has 3 aromatic rings. The van der Waals surface area contributed by atoms with Crippen molar-refractivity contribution in [3.8, 4) is 5.69 Å². The number of aromatic nitrogens is 2. The van der Waals surface area contributed by atoms with E-state index in [1.807, 2.05) is 0 Å². The van der Waals surface area contributed by atoms with Crippen LogP contribution >= 0.6 is 0 Å². The van der Waals surface area contributed by atoms with E-state index < -0.39 is 17.2 Å². The Morgan fingerprint density at radius 2 is 1.94 bits per heavy atom. The van der Waals surface area contributed by atoms with E-state index in [9.17, 15) is 17.6 Å². The van der Waals surface area contributed by atoms with Crippen LogP contribution in [0.15, 0.2) is 42.6 Å². The first kappa shape index (κ1) is 22.3. The van der Waals surface area contributed by atoms with E-state index in [4.69, 9.17) is 10.5 Å². The van der Waals surface area contributed by atoms with Gasteiger partial charge < -0.3 is 10.5 Å². The van der Waals surface area contributed by atoms with Crippen molar-refractivity contribution < 1.29 is 22.3 Å². The second kappa shape index (κ2) is 7.81. The van der Waals surface area contributed by atoms with Crippen molar-refractivity contribution in [3.05, 3.63) is 59.5 Å². The number of ether oxygens (including phenoxy) is 1. The molecule has 0 spiro atoms. The number of hydrogen-bond donors (Lipinski definition) is 1. The molecule has 5 rings (SSSR count). The largest absolute Gasteiger partial charge is 0.417 e. The predicted octanol–water partition coefficient (Wildman–Crippen LogP) is 5.45. The van der Waals surface area contributed by atoms with Crippen LogP contribution in [0.2, 0.25) is 0 Å². The van der Waals surface area contributed by atoms with E-state index in [1.54, 1.807) is 23.0 Å². The molecule has 2 N–H and O–H groups in total. The van der Waals surface area contributed by atoms with Gasteiger partial charge in [-0.1, -0.05) is 0 Å². The molecule has 2 aliphatic carbocycles. The Bertz CT molecular complexity index is 1170. The first-order valence-electron chi connectivity index (χ1n) is 11.3. The highest BCUT2D eigenvalue weighted by Gasteiger charge is 2.62. The molecule has 1 fully saturated rings. The zero-order chi connectivity index (χ0) is 23.4. The van der Waals surface area contributed by atoms with E-state index in [1.165, 1.54) is 19.2 Å². The first-order valence-corrected chi connectivity index (χ1v) is 11.3. The number of rotatable bonds is 3. The molecule has 0 amide bonds. The van der Waals surface area contributed by atoms with E-state index in [-0.39, 0.29) is 24.6 Å². The van der Waals surface area contributed by atoms with Crippen LogP contribution in [0.3, 0.4) is 0 Å². The van der Waals surface area contributed by atoms with Crippen LogP contribution in [0.1, 0.15) is 43.2 Å². The van der Waals surface area contributed by atoms with Crippen LogP contribution in [-0.2, 0) is 16.6 Å². The number of nitrogens with two attached hydrogens (primary N) is 1. The molecule has 0 bridgehead atoms. The minimum absolute atomic E-state index is 0.0729. The molecular weight excluding hydrogens is 434 g/mol. The summed E-state index contributed by atoms with van der Waals surface area (Å²) in [5, 5.41) is 5.40. The Morgan fingerprint density at radius 1 is 1.18 bits per heavy atom. The fourth-order valence-corrected chi connectivity index (χ4v) is 6.11. The number of methoxy groups -OCH3 is 1. The van der Waals surface area contributed by atoms with Gasteiger partial charge in [-0.3, -0.25) is 0 Å². The third-order valence-electron chi connectivity index (χ3n) is 8.00. The van der Waals surface area contributed by atoms with Gasteiger partial charge >= 0.3 is 6.18 Å². The standard InChI is InChI=1S/C25H27F4N3O/c1-33-24(25(27,28)29)10-9-23(15-30)18(13-24)4-2-3-16-12-22-17(11-21(16)23)14-31-32(22)20-7-5-19(26)6-8-20/h5-8,11-12,14,18H,2-4,9-10,13,15,30H2,1H3/t18-,23+,24-/m1/s1. The second-order valence-corrected chi connectivity index (χ2v) is 9.45. The molecule has 1 heterocycles. The molecule has 0 unspecified atom stereocenters. The van der Waals surface area contributed by atoms with Gasteiger partial charge in [0, 0.05) is 24.5 Å². The summed E-state index contributed by atoms with van der Waals surface area (Å²) in [6.07, 6.45) is -0.292. The molecule has 1 saturated carbocycles. The molecule has 0 aliphatic heterocycles. The summed E-state index contributed by atoms with van der Waals surface area (Å²) in [6, 6.07) is 10.3. The van der Waals surface area contributed by atoms with Crippen molar-refractivity contribution in [1.29, 1.82) is 0 Å². The molecule has 2 aromatic carbocycles. The van der Waals surface area contributed by atoms with Crippen molar-refractivity contribution in [2.45, 2.75) is 55.7 Å². The summed E-state index contributed by atoms with van der Waals surface area (Å²) >= 11 is 0. The van der Waals surface area contributed by atoms with Crippen LogP contribution in [0, 0.1) is 11.7 Å². The van der Waals surface area contributed by atoms with Gasteiger partial charge in [-0.2, -0.15) is 18.3 Å². The van der Waals surface area contributed by atoms with Crippen LogP contribution in [0.5, 0.6) is 0 Å². The number of benzene rings is 2. The fourth-order valence-electron chi connectivity index (χ4n) is 6.11. The normalized spacial score (nSPS) is 27.8. The third-order valence-corrected chi connectivity index (χ3v) is 8.00. The zero-order valence-corrected chi connectivity index (χ0v) is 18.5. The minimum atomic E-state index is -4.42. The summed E-state index contributed by atoms with van der Waals surface area (Å²) in [5.74, 6) is -0.535. The minimum Gasteiger partial charge on any atom is -0.369 e. The van der Waals surface area contributed by atoms with Crippen molar-refractivity contribution >= 4 is 10.9 Å². The monoisotopic (exact) mass is 461 g/mol. The summed E-state index contributed by atoms with van der Waals surface area (Å²) in [5.41, 5.74) is 7.51. The molecule has 4 nitrogen and oxygen atoms in total. The molecule has 2 aliphatic rings. The highest BCUT2D eigenvalue weighted by Crippen LogP contribution is 2.56. The lowest BCUT2D eigenvalue weighted by Crippen LogP contribution is -2.57. The lowest BCUT2D eigenvalue weighted by molar-refractivity contribution is -0.288. The van der Waals surface area contributed by atoms with Crippen molar-refractivity contribution in [2.24, 2.45) is 11.7 Å². The fraction of sp³-hybridized carbons (Fsp3) is 0.480. The number of halogens is 4. The Hall–Kier alpha value is -2.45. The first-order chi connectivity index (χ1) is 15.7. The van der Waals surface area contributed by atoms with Crippen molar-refractivity contribution in [2.75, 3.05) is 13.7 Å². The van der Waals surface area contributed by atoms with Gasteiger partial charge in [0.05, 0.1) is 17.4 Å². The van der Waals surface area contributed by atoms with Gasteiger partial charge in [0.2, 0.25) is 0 Å². The summed E-state index contributed by atoms with van der Waals surface area (Å²) < 4.78 is 62.3. The number of hydrogen-bond acceptors (Lipinski definition) is 3. The molecule has 0 saturated heterocycles. The van der Waals surface area contributed by atoms with Gasteiger partial charge in [-0.05, 0) is 92.0 Å². The second-order valence-electron chi connectivity index (χ2n) is 9.45. The van der Waals surface area contributed by atoms with Gasteiger partial charge in [-0.25, -0.2) is 9.07 Å². The molecule has 1 aromatic heterocycles. The van der Waals surface area contributed by atoms with E-state index >= 15 is 0 Å². The lowest BCUT2D eigenvalue weighted by Gasteiger charge is -2.51. The molecule has 0 radical (unpaired) electrons. The average Bonchev–Trinajstić information content (AvgIpc) is 3.14. The number of aryl methyl sites for hydroxylation is 1. The van der Waals surface area contributed by atoms with Gasteiger partial charge in [0.15, 0.2) is 5.60 Å². The quantitative estimate of drug-likeness (QED) is 0.528. The van der Waals surface area contributed by atoms with Crippen LogP contribution in [0.4, 0.5) is 17.6 Å². The van der Waals surface area contributed by atoms with E-state index in [2.05, 4.69) is 17.2 Å². The number of fused-ring (bicyclic) bond motifs is 4. The molecule has 33 heavy (non-hydrogen) atoms. The maximum atomic E-state index is 14.0. The van der Waals surface area contributed by atoms with Gasteiger partial charge in [0.1, 0.15) is 5.82 Å². The van der Waals surface area contributed by atoms with Gasteiger partial charge in [0.25, 0.3) is 0 Å². The SMILES string of the molecule is CO[C@]1(C(F)(F)F)CC[C@@]2(CN)c3cc4cnn(-c5ccc(F)cc5)c4cc3CCC[C@@H]2C1. The maximum Gasteiger partial charge on any atom is 0.417 e. The zero-order valence-electron chi connectivity index (χ0n) is 18.5. The summed E-state index contributed by atoms with van der Waals surface area (Å²) in [4.78, 5) is 0. The molecule has 3 atom stereocenters. The lowest BCUT2D eigenvalue weighted by atomic mass is 9.57. The molecular formula is C25H27F4N3O. The van der Waals surface area contributed by atoms with E-state index in [0.717, 1.165) is 40.6 Å². The van der Waals surface area contributed by atoms with Crippen LogP contribution in [0.25, 0.3) is 16.6 Å². The summed E-state index contributed by atoms with van der Waals surface area (Å²) in [6.45, 7) is 0.292. The smallest absolute Gasteiger partial charge is 0.369 e. The summed E-state index contributed by atoms with van der Waals surface area (Å²) in [7, 11) is 1.17. The maximum absolute atomic E-state index is 14.0.